The van der Waals surface area contributed by atoms with Crippen LogP contribution in [0, 0.1) is 10.1 Å². The molecule has 148 valence electrons. The van der Waals surface area contributed by atoms with E-state index >= 15 is 0 Å². The topological polar surface area (TPSA) is 90.7 Å². The number of amides is 1. The average Bonchev–Trinajstić information content (AvgIpc) is 2.77. The fraction of sp³-hybridized carbons (Fsp3) is 0.136. The second-order valence-electron chi connectivity index (χ2n) is 6.20. The van der Waals surface area contributed by atoms with Crippen LogP contribution in [0.4, 0.5) is 5.69 Å². The predicted molar refractivity (Wildman–Crippen MR) is 108 cm³/mol. The Morgan fingerprint density at radius 2 is 1.55 bits per heavy atom. The van der Waals surface area contributed by atoms with Crippen molar-refractivity contribution < 1.29 is 19.2 Å². The van der Waals surface area contributed by atoms with Gasteiger partial charge in [0.2, 0.25) is 0 Å². The summed E-state index contributed by atoms with van der Waals surface area (Å²) in [6, 6.07) is 22.8. The number of non-ortho nitro benzene ring substituents is 1. The number of methoxy groups -OCH3 is 1. The Hall–Kier alpha value is -3.87. The van der Waals surface area contributed by atoms with Crippen LogP contribution in [0.25, 0.3) is 0 Å². The number of nitro groups is 1. The van der Waals surface area contributed by atoms with Crippen molar-refractivity contribution in [1.82, 2.24) is 5.32 Å². The van der Waals surface area contributed by atoms with Crippen molar-refractivity contribution >= 4 is 11.6 Å². The number of ether oxygens (including phenoxy) is 2. The lowest BCUT2D eigenvalue weighted by molar-refractivity contribution is -0.385. The third kappa shape index (κ3) is 5.10. The maximum absolute atomic E-state index is 12.6. The van der Waals surface area contributed by atoms with Crippen LogP contribution < -0.4 is 14.8 Å². The van der Waals surface area contributed by atoms with E-state index in [1.165, 1.54) is 25.3 Å². The molecule has 7 nitrogen and oxygen atoms in total. The summed E-state index contributed by atoms with van der Waals surface area (Å²) in [6.45, 7) is -0.312. The zero-order valence-corrected chi connectivity index (χ0v) is 15.8. The van der Waals surface area contributed by atoms with E-state index in [9.17, 15) is 14.9 Å². The van der Waals surface area contributed by atoms with E-state index in [0.29, 0.717) is 5.75 Å². The van der Waals surface area contributed by atoms with E-state index in [1.54, 1.807) is 0 Å². The molecule has 0 saturated carbocycles. The largest absolute Gasteiger partial charge is 0.493 e. The standard InChI is InChI=1S/C22H20N2O5/c1-28-19-13-12-18(24(26)27)14-20(19)29-15-21(25)23-22(16-8-4-2-5-9-16)17-10-6-3-7-11-17/h2-14,22H,15H2,1H3,(H,23,25). The summed E-state index contributed by atoms with van der Waals surface area (Å²) >= 11 is 0. The summed E-state index contributed by atoms with van der Waals surface area (Å²) in [5.41, 5.74) is 1.72. The minimum atomic E-state index is -0.535. The number of hydrogen-bond acceptors (Lipinski definition) is 5. The van der Waals surface area contributed by atoms with Crippen LogP contribution in [0.3, 0.4) is 0 Å². The zero-order chi connectivity index (χ0) is 20.6. The van der Waals surface area contributed by atoms with Crippen molar-refractivity contribution in [2.24, 2.45) is 0 Å². The van der Waals surface area contributed by atoms with Crippen molar-refractivity contribution in [2.45, 2.75) is 6.04 Å². The number of rotatable bonds is 8. The summed E-state index contributed by atoms with van der Waals surface area (Å²) in [5, 5.41) is 13.9. The van der Waals surface area contributed by atoms with Crippen molar-refractivity contribution in [3.8, 4) is 11.5 Å². The van der Waals surface area contributed by atoms with Gasteiger partial charge < -0.3 is 14.8 Å². The molecule has 0 aliphatic rings. The predicted octanol–water partition coefficient (Wildman–Crippen LogP) is 3.89. The molecule has 29 heavy (non-hydrogen) atoms. The van der Waals surface area contributed by atoms with Gasteiger partial charge in [-0.05, 0) is 17.2 Å². The van der Waals surface area contributed by atoms with Gasteiger partial charge in [-0.1, -0.05) is 60.7 Å². The van der Waals surface area contributed by atoms with Crippen molar-refractivity contribution in [3.63, 3.8) is 0 Å². The highest BCUT2D eigenvalue weighted by molar-refractivity contribution is 5.78. The number of hydrogen-bond donors (Lipinski definition) is 1. The molecule has 1 N–H and O–H groups in total. The SMILES string of the molecule is COc1ccc([N+](=O)[O-])cc1OCC(=O)NC(c1ccccc1)c1ccccc1. The molecule has 0 atom stereocenters. The number of nitrogens with one attached hydrogen (secondary N) is 1. The molecule has 0 saturated heterocycles. The molecule has 3 aromatic rings. The molecule has 7 heteroatoms. The Bertz CT molecular complexity index is 938. The molecule has 0 heterocycles. The van der Waals surface area contributed by atoms with Gasteiger partial charge in [0.15, 0.2) is 18.1 Å². The monoisotopic (exact) mass is 392 g/mol. The van der Waals surface area contributed by atoms with Crippen molar-refractivity contribution in [3.05, 3.63) is 100 Å². The molecule has 0 aliphatic heterocycles. The van der Waals surface area contributed by atoms with Crippen LogP contribution in [0.5, 0.6) is 11.5 Å². The molecule has 0 unspecified atom stereocenters. The third-order valence-electron chi connectivity index (χ3n) is 4.29. The smallest absolute Gasteiger partial charge is 0.273 e. The summed E-state index contributed by atoms with van der Waals surface area (Å²) < 4.78 is 10.7. The first-order valence-corrected chi connectivity index (χ1v) is 8.93. The van der Waals surface area contributed by atoms with Crippen molar-refractivity contribution in [2.75, 3.05) is 13.7 Å². The maximum Gasteiger partial charge on any atom is 0.273 e. The van der Waals surface area contributed by atoms with Gasteiger partial charge in [0.05, 0.1) is 24.1 Å². The van der Waals surface area contributed by atoms with Crippen LogP contribution in [0.1, 0.15) is 17.2 Å². The van der Waals surface area contributed by atoms with Gasteiger partial charge in [-0.25, -0.2) is 0 Å². The lowest BCUT2D eigenvalue weighted by Crippen LogP contribution is -2.33. The van der Waals surface area contributed by atoms with E-state index in [4.69, 9.17) is 9.47 Å². The summed E-state index contributed by atoms with van der Waals surface area (Å²) in [6.07, 6.45) is 0. The average molecular weight is 392 g/mol. The Labute approximate surface area is 168 Å². The second kappa shape index (κ2) is 9.36. The van der Waals surface area contributed by atoms with Gasteiger partial charge >= 0.3 is 0 Å². The first-order valence-electron chi connectivity index (χ1n) is 8.93. The van der Waals surface area contributed by atoms with E-state index in [1.807, 2.05) is 60.7 Å². The fourth-order valence-corrected chi connectivity index (χ4v) is 2.89. The molecule has 0 bridgehead atoms. The first kappa shape index (κ1) is 19.9. The Morgan fingerprint density at radius 3 is 2.07 bits per heavy atom. The Balaban J connectivity index is 1.75. The fourth-order valence-electron chi connectivity index (χ4n) is 2.89. The summed E-state index contributed by atoms with van der Waals surface area (Å²) in [4.78, 5) is 23.0. The Kier molecular flexibility index (Phi) is 6.42. The second-order valence-corrected chi connectivity index (χ2v) is 6.20. The van der Waals surface area contributed by atoms with Crippen molar-refractivity contribution in [1.29, 1.82) is 0 Å². The van der Waals surface area contributed by atoms with Gasteiger partial charge in [-0.2, -0.15) is 0 Å². The Morgan fingerprint density at radius 1 is 0.966 bits per heavy atom. The number of benzene rings is 3. The number of carbonyl (C=O) groups is 1. The number of nitro benzene ring substituents is 1. The van der Waals surface area contributed by atoms with Crippen LogP contribution in [0.2, 0.25) is 0 Å². The molecule has 0 radical (unpaired) electrons. The van der Waals surface area contributed by atoms with Crippen LogP contribution in [0.15, 0.2) is 78.9 Å². The maximum atomic E-state index is 12.6. The van der Waals surface area contributed by atoms with Crippen LogP contribution in [-0.2, 0) is 4.79 Å². The minimum absolute atomic E-state index is 0.132. The van der Waals surface area contributed by atoms with Gasteiger partial charge in [0.25, 0.3) is 11.6 Å². The molecule has 0 aliphatic carbocycles. The lowest BCUT2D eigenvalue weighted by atomic mass is 9.99. The first-order chi connectivity index (χ1) is 14.1. The molecule has 3 rings (SSSR count). The highest BCUT2D eigenvalue weighted by Gasteiger charge is 2.18. The molecule has 0 spiro atoms. The van der Waals surface area contributed by atoms with Crippen LogP contribution >= 0.6 is 0 Å². The minimum Gasteiger partial charge on any atom is -0.493 e. The highest BCUT2D eigenvalue weighted by Crippen LogP contribution is 2.31. The summed E-state index contributed by atoms with van der Waals surface area (Å²) in [7, 11) is 1.43. The lowest BCUT2D eigenvalue weighted by Gasteiger charge is -2.20. The molecular weight excluding hydrogens is 372 g/mol. The van der Waals surface area contributed by atoms with E-state index in [-0.39, 0.29) is 30.0 Å². The zero-order valence-electron chi connectivity index (χ0n) is 15.8. The highest BCUT2D eigenvalue weighted by atomic mass is 16.6. The third-order valence-corrected chi connectivity index (χ3v) is 4.29. The number of carbonyl (C=O) groups excluding carboxylic acids is 1. The van der Waals surface area contributed by atoms with Gasteiger partial charge in [-0.3, -0.25) is 14.9 Å². The normalized spacial score (nSPS) is 10.4. The summed E-state index contributed by atoms with van der Waals surface area (Å²) in [5.74, 6) is 0.0788. The van der Waals surface area contributed by atoms with Gasteiger partial charge in [-0.15, -0.1) is 0 Å². The van der Waals surface area contributed by atoms with Crippen LogP contribution in [-0.4, -0.2) is 24.5 Å². The van der Waals surface area contributed by atoms with Gasteiger partial charge in [0.1, 0.15) is 0 Å². The quantitative estimate of drug-likeness (QED) is 0.464. The van der Waals surface area contributed by atoms with E-state index < -0.39 is 4.92 Å². The molecule has 3 aromatic carbocycles. The molecule has 0 fully saturated rings. The molecule has 0 aromatic heterocycles. The van der Waals surface area contributed by atoms with E-state index in [0.717, 1.165) is 11.1 Å². The molecular formula is C22H20N2O5. The van der Waals surface area contributed by atoms with E-state index in [2.05, 4.69) is 5.32 Å². The number of nitrogens with zero attached hydrogens (tertiary/aromatic N) is 1. The molecule has 1 amide bonds. The van der Waals surface area contributed by atoms with Gasteiger partial charge in [0, 0.05) is 6.07 Å².